The van der Waals surface area contributed by atoms with E-state index in [0.29, 0.717) is 30.2 Å². The van der Waals surface area contributed by atoms with Crippen LogP contribution in [0.15, 0.2) is 24.3 Å². The third-order valence-corrected chi connectivity index (χ3v) is 3.93. The van der Waals surface area contributed by atoms with Gasteiger partial charge >= 0.3 is 6.18 Å². The van der Waals surface area contributed by atoms with Crippen LogP contribution in [0, 0.1) is 11.8 Å². The number of rotatable bonds is 1. The summed E-state index contributed by atoms with van der Waals surface area (Å²) in [5, 5.41) is 10.7. The van der Waals surface area contributed by atoms with Crippen molar-refractivity contribution in [1.29, 1.82) is 0 Å². The smallest absolute Gasteiger partial charge is 0.385 e. The molecule has 1 aliphatic rings. The van der Waals surface area contributed by atoms with Gasteiger partial charge in [0.05, 0.1) is 11.2 Å². The Bertz CT molecular complexity index is 426. The predicted octanol–water partition coefficient (Wildman–Crippen LogP) is 4.35. The second-order valence-corrected chi connectivity index (χ2v) is 5.96. The molecule has 0 saturated heterocycles. The zero-order valence-corrected chi connectivity index (χ0v) is 11.2. The van der Waals surface area contributed by atoms with Gasteiger partial charge in [-0.2, -0.15) is 13.2 Å². The maximum atomic E-state index is 12.5. The predicted molar refractivity (Wildman–Crippen MR) is 67.5 cm³/mol. The van der Waals surface area contributed by atoms with Gasteiger partial charge in [-0.05, 0) is 48.8 Å². The Morgan fingerprint density at radius 1 is 1.05 bits per heavy atom. The van der Waals surface area contributed by atoms with Gasteiger partial charge in [-0.15, -0.1) is 0 Å². The molecule has 1 aromatic rings. The van der Waals surface area contributed by atoms with Crippen molar-refractivity contribution in [3.05, 3.63) is 35.4 Å². The van der Waals surface area contributed by atoms with Crippen LogP contribution in [0.5, 0.6) is 0 Å². The molecule has 0 amide bonds. The van der Waals surface area contributed by atoms with Crippen LogP contribution in [0.25, 0.3) is 0 Å². The monoisotopic (exact) mass is 272 g/mol. The van der Waals surface area contributed by atoms with Gasteiger partial charge < -0.3 is 5.11 Å². The molecule has 0 radical (unpaired) electrons. The van der Waals surface area contributed by atoms with Crippen LogP contribution >= 0.6 is 0 Å². The number of aliphatic hydroxyl groups is 1. The molecular formula is C15H19F3O. The molecule has 106 valence electrons. The minimum absolute atomic E-state index is 0.385. The van der Waals surface area contributed by atoms with Crippen LogP contribution < -0.4 is 0 Å². The molecule has 2 atom stereocenters. The second kappa shape index (κ2) is 4.82. The van der Waals surface area contributed by atoms with E-state index in [1.54, 1.807) is 0 Å². The summed E-state index contributed by atoms with van der Waals surface area (Å²) in [7, 11) is 0. The average Bonchev–Trinajstić information content (AvgIpc) is 2.26. The van der Waals surface area contributed by atoms with Crippen molar-refractivity contribution in [2.24, 2.45) is 11.8 Å². The molecule has 4 heteroatoms. The van der Waals surface area contributed by atoms with Gasteiger partial charge in [0.1, 0.15) is 0 Å². The largest absolute Gasteiger partial charge is 0.416 e. The molecule has 0 aliphatic heterocycles. The second-order valence-electron chi connectivity index (χ2n) is 5.96. The van der Waals surface area contributed by atoms with Gasteiger partial charge in [0.2, 0.25) is 0 Å². The van der Waals surface area contributed by atoms with E-state index in [0.717, 1.165) is 18.6 Å². The van der Waals surface area contributed by atoms with E-state index in [1.807, 2.05) is 0 Å². The van der Waals surface area contributed by atoms with Gasteiger partial charge in [-0.1, -0.05) is 26.0 Å². The van der Waals surface area contributed by atoms with Crippen LogP contribution in [0.4, 0.5) is 13.2 Å². The topological polar surface area (TPSA) is 20.2 Å². The van der Waals surface area contributed by atoms with E-state index < -0.39 is 17.3 Å². The molecule has 0 heterocycles. The SMILES string of the molecule is CC1CC(C)CC(O)(c2ccc(C(F)(F)F)cc2)C1. The Balaban J connectivity index is 2.26. The van der Waals surface area contributed by atoms with E-state index in [9.17, 15) is 18.3 Å². The summed E-state index contributed by atoms with van der Waals surface area (Å²) in [6.07, 6.45) is -2.04. The quantitative estimate of drug-likeness (QED) is 0.806. The van der Waals surface area contributed by atoms with E-state index in [4.69, 9.17) is 0 Å². The van der Waals surface area contributed by atoms with Crippen molar-refractivity contribution in [3.63, 3.8) is 0 Å². The molecular weight excluding hydrogens is 253 g/mol. The Morgan fingerprint density at radius 2 is 1.53 bits per heavy atom. The van der Waals surface area contributed by atoms with Crippen LogP contribution in [-0.4, -0.2) is 5.11 Å². The van der Waals surface area contributed by atoms with E-state index >= 15 is 0 Å². The summed E-state index contributed by atoms with van der Waals surface area (Å²) in [6.45, 7) is 4.15. The first-order chi connectivity index (χ1) is 8.71. The lowest BCUT2D eigenvalue weighted by Gasteiger charge is -2.39. The fraction of sp³-hybridized carbons (Fsp3) is 0.600. The Hall–Kier alpha value is -1.03. The lowest BCUT2D eigenvalue weighted by Crippen LogP contribution is -2.35. The van der Waals surface area contributed by atoms with Crippen molar-refractivity contribution >= 4 is 0 Å². The molecule has 1 aliphatic carbocycles. The molecule has 1 nitrogen and oxygen atoms in total. The summed E-state index contributed by atoms with van der Waals surface area (Å²) in [5.41, 5.74) is -1.06. The van der Waals surface area contributed by atoms with Crippen LogP contribution in [0.3, 0.4) is 0 Å². The van der Waals surface area contributed by atoms with Crippen molar-refractivity contribution in [2.45, 2.75) is 44.9 Å². The van der Waals surface area contributed by atoms with Crippen molar-refractivity contribution in [3.8, 4) is 0 Å². The number of benzene rings is 1. The summed E-state index contributed by atoms with van der Waals surface area (Å²) in [4.78, 5) is 0. The first-order valence-electron chi connectivity index (χ1n) is 6.61. The molecule has 19 heavy (non-hydrogen) atoms. The highest BCUT2D eigenvalue weighted by Crippen LogP contribution is 2.43. The number of hydrogen-bond acceptors (Lipinski definition) is 1. The van der Waals surface area contributed by atoms with Crippen LogP contribution in [0.2, 0.25) is 0 Å². The molecule has 2 rings (SSSR count). The molecule has 2 unspecified atom stereocenters. The molecule has 1 N–H and O–H groups in total. The van der Waals surface area contributed by atoms with Gasteiger partial charge in [0, 0.05) is 0 Å². The van der Waals surface area contributed by atoms with Crippen molar-refractivity contribution in [2.75, 3.05) is 0 Å². The fourth-order valence-corrected chi connectivity index (χ4v) is 3.29. The van der Waals surface area contributed by atoms with Gasteiger partial charge in [-0.3, -0.25) is 0 Å². The minimum atomic E-state index is -4.33. The van der Waals surface area contributed by atoms with Crippen LogP contribution in [0.1, 0.15) is 44.2 Å². The van der Waals surface area contributed by atoms with Crippen LogP contribution in [-0.2, 0) is 11.8 Å². The van der Waals surface area contributed by atoms with E-state index in [2.05, 4.69) is 13.8 Å². The number of halogens is 3. The molecule has 0 bridgehead atoms. The normalized spacial score (nSPS) is 32.3. The summed E-state index contributed by atoms with van der Waals surface area (Å²) < 4.78 is 37.6. The van der Waals surface area contributed by atoms with E-state index in [1.165, 1.54) is 12.1 Å². The Kier molecular flexibility index (Phi) is 3.65. The lowest BCUT2D eigenvalue weighted by molar-refractivity contribution is -0.137. The van der Waals surface area contributed by atoms with Gasteiger partial charge in [0.25, 0.3) is 0 Å². The molecule has 0 spiro atoms. The Labute approximate surface area is 111 Å². The van der Waals surface area contributed by atoms with Gasteiger partial charge in [0.15, 0.2) is 0 Å². The number of alkyl halides is 3. The summed E-state index contributed by atoms with van der Waals surface area (Å²) in [5.74, 6) is 0.770. The van der Waals surface area contributed by atoms with Gasteiger partial charge in [-0.25, -0.2) is 0 Å². The standard InChI is InChI=1S/C15H19F3O/c1-10-7-11(2)9-14(19,8-10)12-3-5-13(6-4-12)15(16,17)18/h3-6,10-11,19H,7-9H2,1-2H3. The maximum absolute atomic E-state index is 12.5. The third-order valence-electron chi connectivity index (χ3n) is 3.93. The zero-order valence-electron chi connectivity index (χ0n) is 11.2. The molecule has 1 fully saturated rings. The molecule has 1 aromatic carbocycles. The molecule has 0 aromatic heterocycles. The van der Waals surface area contributed by atoms with Crippen molar-refractivity contribution in [1.82, 2.24) is 0 Å². The summed E-state index contributed by atoms with van der Waals surface area (Å²) in [6, 6.07) is 4.93. The molecule has 1 saturated carbocycles. The first kappa shape index (κ1) is 14.4. The summed E-state index contributed by atoms with van der Waals surface area (Å²) >= 11 is 0. The highest BCUT2D eigenvalue weighted by molar-refractivity contribution is 5.29. The highest BCUT2D eigenvalue weighted by atomic mass is 19.4. The lowest BCUT2D eigenvalue weighted by atomic mass is 9.71. The third kappa shape index (κ3) is 3.11. The fourth-order valence-electron chi connectivity index (χ4n) is 3.29. The van der Waals surface area contributed by atoms with Crippen molar-refractivity contribution < 1.29 is 18.3 Å². The van der Waals surface area contributed by atoms with E-state index in [-0.39, 0.29) is 0 Å². The maximum Gasteiger partial charge on any atom is 0.416 e. The number of hydrogen-bond donors (Lipinski definition) is 1. The Morgan fingerprint density at radius 3 is 1.95 bits per heavy atom. The zero-order chi connectivity index (χ0) is 14.3. The minimum Gasteiger partial charge on any atom is -0.385 e. The average molecular weight is 272 g/mol. The highest BCUT2D eigenvalue weighted by Gasteiger charge is 2.38. The first-order valence-corrected chi connectivity index (χ1v) is 6.61.